The lowest BCUT2D eigenvalue weighted by atomic mass is 10.2. The highest BCUT2D eigenvalue weighted by molar-refractivity contribution is 6.09. The first-order valence-corrected chi connectivity index (χ1v) is 12.0. The molecule has 3 heterocycles. The van der Waals surface area contributed by atoms with Crippen LogP contribution in [0.5, 0.6) is 0 Å². The molecule has 0 saturated heterocycles. The van der Waals surface area contributed by atoms with E-state index < -0.39 is 0 Å². The number of aromatic nitrogens is 5. The molecule has 36 heavy (non-hydrogen) atoms. The molecule has 0 atom stereocenters. The fraction of sp³-hybridized carbons (Fsp3) is 0.458. The summed E-state index contributed by atoms with van der Waals surface area (Å²) in [5.41, 5.74) is 2.87. The van der Waals surface area contributed by atoms with Crippen molar-refractivity contribution in [1.82, 2.24) is 29.9 Å². The van der Waals surface area contributed by atoms with Crippen LogP contribution in [0.3, 0.4) is 0 Å². The van der Waals surface area contributed by atoms with Gasteiger partial charge in [-0.15, -0.1) is 5.10 Å². The number of benzene rings is 1. The first kappa shape index (κ1) is 25.5. The van der Waals surface area contributed by atoms with E-state index in [-0.39, 0.29) is 12.5 Å². The summed E-state index contributed by atoms with van der Waals surface area (Å²) in [5, 5.41) is 20.5. The molecular formula is C24H33N9O3. The number of carbonyl (C=O) groups excluding carboxylic acids is 1. The third-order valence-electron chi connectivity index (χ3n) is 5.83. The monoisotopic (exact) mass is 495 g/mol. The molecule has 0 unspecified atom stereocenters. The summed E-state index contributed by atoms with van der Waals surface area (Å²) in [6.45, 7) is 6.06. The van der Waals surface area contributed by atoms with Crippen molar-refractivity contribution in [2.75, 3.05) is 75.2 Å². The molecule has 1 amide bonds. The molecule has 0 aliphatic carbocycles. The number of hydrogen-bond acceptors (Lipinski definition) is 10. The van der Waals surface area contributed by atoms with E-state index in [0.717, 1.165) is 23.6 Å². The van der Waals surface area contributed by atoms with E-state index in [1.165, 1.54) is 0 Å². The van der Waals surface area contributed by atoms with Crippen molar-refractivity contribution in [2.24, 2.45) is 0 Å². The maximum Gasteiger partial charge on any atom is 0.263 e. The van der Waals surface area contributed by atoms with Gasteiger partial charge in [0.1, 0.15) is 11.4 Å². The van der Waals surface area contributed by atoms with Crippen molar-refractivity contribution >= 4 is 23.4 Å². The van der Waals surface area contributed by atoms with Crippen LogP contribution in [0.4, 0.5) is 17.5 Å². The average Bonchev–Trinajstić information content (AvgIpc) is 3.30. The van der Waals surface area contributed by atoms with Gasteiger partial charge in [0.2, 0.25) is 5.95 Å². The number of aliphatic hydroxyl groups is 1. The van der Waals surface area contributed by atoms with E-state index in [1.54, 1.807) is 15.8 Å². The normalized spacial score (nSPS) is 13.8. The molecule has 1 aliphatic heterocycles. The van der Waals surface area contributed by atoms with Crippen LogP contribution in [-0.2, 0) is 11.3 Å². The minimum absolute atomic E-state index is 0.0223. The fourth-order valence-corrected chi connectivity index (χ4v) is 3.95. The van der Waals surface area contributed by atoms with Crippen LogP contribution in [0.25, 0.3) is 5.69 Å². The van der Waals surface area contributed by atoms with Crippen molar-refractivity contribution < 1.29 is 14.6 Å². The molecule has 0 radical (unpaired) electrons. The maximum atomic E-state index is 13.5. The lowest BCUT2D eigenvalue weighted by Gasteiger charge is -2.21. The molecule has 0 fully saturated rings. The summed E-state index contributed by atoms with van der Waals surface area (Å²) in [6.07, 6.45) is 3.48. The van der Waals surface area contributed by atoms with E-state index in [2.05, 4.69) is 30.5 Å². The maximum absolute atomic E-state index is 13.5. The Morgan fingerprint density at radius 2 is 2.06 bits per heavy atom. The van der Waals surface area contributed by atoms with Crippen molar-refractivity contribution in [3.05, 3.63) is 47.9 Å². The Kier molecular flexibility index (Phi) is 8.41. The molecule has 0 saturated carbocycles. The Hall–Kier alpha value is -3.61. The van der Waals surface area contributed by atoms with E-state index in [4.69, 9.17) is 9.84 Å². The number of ether oxygens (including phenoxy) is 1. The number of nitrogens with one attached hydrogen (secondary N) is 1. The van der Waals surface area contributed by atoms with Gasteiger partial charge in [0.05, 0.1) is 37.4 Å². The number of carbonyl (C=O) groups is 1. The van der Waals surface area contributed by atoms with Crippen LogP contribution in [0.1, 0.15) is 23.0 Å². The Labute approximate surface area is 210 Å². The molecule has 1 aromatic carbocycles. The van der Waals surface area contributed by atoms with E-state index in [9.17, 15) is 4.79 Å². The lowest BCUT2D eigenvalue weighted by Crippen LogP contribution is -2.33. The van der Waals surface area contributed by atoms with Crippen molar-refractivity contribution in [3.8, 4) is 5.69 Å². The standard InChI is InChI=1S/C24H33N9O3/c1-4-25-24-26-15-21-22(27-24)31(3)8-9-32(23(21)35)19-6-5-7-20(14-19)33-17-18(28-29-33)16-30(2)10-12-36-13-11-34/h5-7,14-15,17,34H,4,8-13,16H2,1-3H3,(H,25,26,27). The summed E-state index contributed by atoms with van der Waals surface area (Å²) < 4.78 is 7.03. The number of hydrogen-bond donors (Lipinski definition) is 2. The molecule has 0 bridgehead atoms. The topological polar surface area (TPSA) is 125 Å². The Morgan fingerprint density at radius 1 is 1.22 bits per heavy atom. The fourth-order valence-electron chi connectivity index (χ4n) is 3.95. The first-order chi connectivity index (χ1) is 17.5. The minimum Gasteiger partial charge on any atom is -0.394 e. The third-order valence-corrected chi connectivity index (χ3v) is 5.83. The van der Waals surface area contributed by atoms with Gasteiger partial charge in [0.25, 0.3) is 5.91 Å². The molecule has 0 spiro atoms. The van der Waals surface area contributed by atoms with Crippen LogP contribution >= 0.6 is 0 Å². The highest BCUT2D eigenvalue weighted by Gasteiger charge is 2.28. The zero-order valence-electron chi connectivity index (χ0n) is 21.0. The zero-order chi connectivity index (χ0) is 25.5. The summed E-state index contributed by atoms with van der Waals surface area (Å²) in [5.74, 6) is 0.993. The highest BCUT2D eigenvalue weighted by atomic mass is 16.5. The SMILES string of the molecule is CCNc1ncc2c(n1)N(C)CCN(c1cccc(-n3cc(CN(C)CCOCCO)nn3)c1)C2=O. The molecule has 192 valence electrons. The van der Waals surface area contributed by atoms with Crippen molar-refractivity contribution in [2.45, 2.75) is 13.5 Å². The number of likely N-dealkylation sites (N-methyl/N-ethyl adjacent to an activating group) is 2. The predicted octanol–water partition coefficient (Wildman–Crippen LogP) is 1.03. The molecule has 12 nitrogen and oxygen atoms in total. The summed E-state index contributed by atoms with van der Waals surface area (Å²) in [7, 11) is 3.91. The van der Waals surface area contributed by atoms with Crippen LogP contribution in [0, 0.1) is 0 Å². The molecule has 3 aromatic rings. The summed E-state index contributed by atoms with van der Waals surface area (Å²) >= 11 is 0. The van der Waals surface area contributed by atoms with Gasteiger partial charge in [0.15, 0.2) is 0 Å². The van der Waals surface area contributed by atoms with E-state index in [1.807, 2.05) is 56.4 Å². The number of aliphatic hydroxyl groups excluding tert-OH is 1. The molecule has 1 aliphatic rings. The smallest absolute Gasteiger partial charge is 0.263 e. The van der Waals surface area contributed by atoms with E-state index in [0.29, 0.717) is 56.7 Å². The summed E-state index contributed by atoms with van der Waals surface area (Å²) in [6, 6.07) is 7.69. The Bertz CT molecular complexity index is 1170. The van der Waals surface area contributed by atoms with Crippen LogP contribution in [0.2, 0.25) is 0 Å². The molecule has 12 heteroatoms. The highest BCUT2D eigenvalue weighted by Crippen LogP contribution is 2.27. The first-order valence-electron chi connectivity index (χ1n) is 12.0. The van der Waals surface area contributed by atoms with Crippen molar-refractivity contribution in [1.29, 1.82) is 0 Å². The number of anilines is 3. The van der Waals surface area contributed by atoms with Gasteiger partial charge in [-0.25, -0.2) is 9.67 Å². The number of fused-ring (bicyclic) bond motifs is 1. The Balaban J connectivity index is 1.49. The molecule has 2 N–H and O–H groups in total. The van der Waals surface area contributed by atoms with Gasteiger partial charge in [0, 0.05) is 51.7 Å². The average molecular weight is 496 g/mol. The number of nitrogens with zero attached hydrogens (tertiary/aromatic N) is 8. The van der Waals surface area contributed by atoms with Gasteiger partial charge < -0.3 is 25.0 Å². The van der Waals surface area contributed by atoms with Gasteiger partial charge in [-0.1, -0.05) is 11.3 Å². The third kappa shape index (κ3) is 5.96. The predicted molar refractivity (Wildman–Crippen MR) is 137 cm³/mol. The van der Waals surface area contributed by atoms with Gasteiger partial charge >= 0.3 is 0 Å². The van der Waals surface area contributed by atoms with Crippen LogP contribution in [-0.4, -0.2) is 101 Å². The number of amides is 1. The lowest BCUT2D eigenvalue weighted by molar-refractivity contribution is 0.0771. The molecule has 4 rings (SSSR count). The number of rotatable bonds is 11. The van der Waals surface area contributed by atoms with Gasteiger partial charge in [-0.05, 0) is 32.2 Å². The minimum atomic E-state index is -0.140. The Morgan fingerprint density at radius 3 is 2.86 bits per heavy atom. The van der Waals surface area contributed by atoms with Gasteiger partial charge in [-0.3, -0.25) is 9.69 Å². The van der Waals surface area contributed by atoms with Gasteiger partial charge in [-0.2, -0.15) is 4.98 Å². The summed E-state index contributed by atoms with van der Waals surface area (Å²) in [4.78, 5) is 28.2. The molecule has 2 aromatic heterocycles. The van der Waals surface area contributed by atoms with Crippen molar-refractivity contribution in [3.63, 3.8) is 0 Å². The van der Waals surface area contributed by atoms with E-state index >= 15 is 0 Å². The molecular weight excluding hydrogens is 462 g/mol. The second-order valence-electron chi connectivity index (χ2n) is 8.59. The second kappa shape index (κ2) is 11.9. The largest absolute Gasteiger partial charge is 0.394 e. The van der Waals surface area contributed by atoms with Crippen LogP contribution in [0.15, 0.2) is 36.7 Å². The second-order valence-corrected chi connectivity index (χ2v) is 8.59. The zero-order valence-corrected chi connectivity index (χ0v) is 21.0. The van der Waals surface area contributed by atoms with Crippen LogP contribution < -0.4 is 15.1 Å². The quantitative estimate of drug-likeness (QED) is 0.373.